The van der Waals surface area contributed by atoms with E-state index in [2.05, 4.69) is 10.3 Å². The van der Waals surface area contributed by atoms with Crippen molar-refractivity contribution >= 4 is 5.91 Å². The van der Waals surface area contributed by atoms with E-state index in [-0.39, 0.29) is 5.91 Å². The van der Waals surface area contributed by atoms with Gasteiger partial charge >= 0.3 is 0 Å². The standard InChI is InChI=1S/C13H21N3O2/c1-9-12(18-10(2)15-9)13(17)16(3)8-11-4-6-14-7-5-11/h11,14H,4-8H2,1-3H3. The van der Waals surface area contributed by atoms with Crippen LogP contribution in [0.25, 0.3) is 0 Å². The van der Waals surface area contributed by atoms with E-state index >= 15 is 0 Å². The number of carbonyl (C=O) groups is 1. The monoisotopic (exact) mass is 251 g/mol. The van der Waals surface area contributed by atoms with Gasteiger partial charge in [-0.25, -0.2) is 4.98 Å². The van der Waals surface area contributed by atoms with Crippen LogP contribution in [0.5, 0.6) is 0 Å². The summed E-state index contributed by atoms with van der Waals surface area (Å²) < 4.78 is 5.37. The molecule has 1 aromatic rings. The zero-order chi connectivity index (χ0) is 13.1. The molecule has 0 saturated carbocycles. The van der Waals surface area contributed by atoms with E-state index in [1.165, 1.54) is 0 Å². The smallest absolute Gasteiger partial charge is 0.291 e. The Kier molecular flexibility index (Phi) is 4.01. The van der Waals surface area contributed by atoms with E-state index < -0.39 is 0 Å². The van der Waals surface area contributed by atoms with Gasteiger partial charge in [-0.3, -0.25) is 4.79 Å². The predicted molar refractivity (Wildman–Crippen MR) is 68.5 cm³/mol. The summed E-state index contributed by atoms with van der Waals surface area (Å²) in [5, 5.41) is 3.33. The van der Waals surface area contributed by atoms with Gasteiger partial charge < -0.3 is 14.6 Å². The topological polar surface area (TPSA) is 58.4 Å². The maximum atomic E-state index is 12.2. The number of oxazole rings is 1. The average Bonchev–Trinajstić information content (AvgIpc) is 2.68. The number of aryl methyl sites for hydroxylation is 2. The van der Waals surface area contributed by atoms with Gasteiger partial charge in [0, 0.05) is 20.5 Å². The lowest BCUT2D eigenvalue weighted by molar-refractivity contribution is 0.0729. The fourth-order valence-electron chi connectivity index (χ4n) is 2.44. The third-order valence-corrected chi connectivity index (χ3v) is 3.44. The Hall–Kier alpha value is -1.36. The second-order valence-electron chi connectivity index (χ2n) is 5.03. The Morgan fingerprint density at radius 1 is 1.44 bits per heavy atom. The van der Waals surface area contributed by atoms with E-state index in [0.29, 0.717) is 23.3 Å². The van der Waals surface area contributed by atoms with Gasteiger partial charge in [-0.1, -0.05) is 0 Å². The molecule has 0 aromatic carbocycles. The molecule has 2 heterocycles. The lowest BCUT2D eigenvalue weighted by Crippen LogP contribution is -2.37. The fraction of sp³-hybridized carbons (Fsp3) is 0.692. The molecule has 1 fully saturated rings. The summed E-state index contributed by atoms with van der Waals surface area (Å²) in [6.45, 7) is 6.46. The summed E-state index contributed by atoms with van der Waals surface area (Å²) in [6, 6.07) is 0. The van der Waals surface area contributed by atoms with Gasteiger partial charge in [0.25, 0.3) is 5.91 Å². The Labute approximate surface area is 108 Å². The van der Waals surface area contributed by atoms with E-state index in [0.717, 1.165) is 32.5 Å². The van der Waals surface area contributed by atoms with Crippen molar-refractivity contribution in [3.8, 4) is 0 Å². The zero-order valence-electron chi connectivity index (χ0n) is 11.3. The molecule has 1 aliphatic heterocycles. The second-order valence-corrected chi connectivity index (χ2v) is 5.03. The first-order chi connectivity index (χ1) is 8.58. The highest BCUT2D eigenvalue weighted by molar-refractivity contribution is 5.92. The number of amides is 1. The normalized spacial score (nSPS) is 16.8. The maximum absolute atomic E-state index is 12.2. The third kappa shape index (κ3) is 2.90. The molecule has 1 aliphatic rings. The van der Waals surface area contributed by atoms with Crippen molar-refractivity contribution in [1.82, 2.24) is 15.2 Å². The molecule has 1 aromatic heterocycles. The SMILES string of the molecule is Cc1nc(C)c(C(=O)N(C)CC2CCNCC2)o1. The lowest BCUT2D eigenvalue weighted by atomic mass is 9.97. The van der Waals surface area contributed by atoms with Crippen LogP contribution in [0.4, 0.5) is 0 Å². The molecule has 0 radical (unpaired) electrons. The Bertz CT molecular complexity index is 422. The number of hydrogen-bond donors (Lipinski definition) is 1. The van der Waals surface area contributed by atoms with Gasteiger partial charge in [0.2, 0.25) is 5.76 Å². The highest BCUT2D eigenvalue weighted by Gasteiger charge is 2.23. The summed E-state index contributed by atoms with van der Waals surface area (Å²) in [5.74, 6) is 1.45. The highest BCUT2D eigenvalue weighted by atomic mass is 16.4. The third-order valence-electron chi connectivity index (χ3n) is 3.44. The number of piperidine rings is 1. The van der Waals surface area contributed by atoms with Gasteiger partial charge in [-0.15, -0.1) is 0 Å². The van der Waals surface area contributed by atoms with Crippen LogP contribution in [-0.4, -0.2) is 42.5 Å². The lowest BCUT2D eigenvalue weighted by Gasteiger charge is -2.27. The Balaban J connectivity index is 1.97. The van der Waals surface area contributed by atoms with Crippen molar-refractivity contribution in [3.05, 3.63) is 17.3 Å². The van der Waals surface area contributed by atoms with Gasteiger partial charge in [0.1, 0.15) is 0 Å². The minimum atomic E-state index is -0.0633. The molecule has 18 heavy (non-hydrogen) atoms. The summed E-state index contributed by atoms with van der Waals surface area (Å²) in [7, 11) is 1.83. The first kappa shape index (κ1) is 13.1. The van der Waals surface area contributed by atoms with Crippen LogP contribution in [0.15, 0.2) is 4.42 Å². The molecule has 0 bridgehead atoms. The van der Waals surface area contributed by atoms with Crippen LogP contribution in [0.3, 0.4) is 0 Å². The first-order valence-electron chi connectivity index (χ1n) is 6.48. The minimum Gasteiger partial charge on any atom is -0.436 e. The van der Waals surface area contributed by atoms with Crippen LogP contribution in [0, 0.1) is 19.8 Å². The van der Waals surface area contributed by atoms with Crippen molar-refractivity contribution in [2.24, 2.45) is 5.92 Å². The van der Waals surface area contributed by atoms with Crippen molar-refractivity contribution < 1.29 is 9.21 Å². The average molecular weight is 251 g/mol. The minimum absolute atomic E-state index is 0.0633. The molecule has 0 unspecified atom stereocenters. The molecular weight excluding hydrogens is 230 g/mol. The van der Waals surface area contributed by atoms with Crippen LogP contribution < -0.4 is 5.32 Å². The number of hydrogen-bond acceptors (Lipinski definition) is 4. The quantitative estimate of drug-likeness (QED) is 0.881. The Morgan fingerprint density at radius 3 is 2.67 bits per heavy atom. The largest absolute Gasteiger partial charge is 0.436 e. The molecule has 2 rings (SSSR count). The first-order valence-corrected chi connectivity index (χ1v) is 6.48. The van der Waals surface area contributed by atoms with Gasteiger partial charge in [-0.05, 0) is 38.8 Å². The summed E-state index contributed by atoms with van der Waals surface area (Å²) >= 11 is 0. The highest BCUT2D eigenvalue weighted by Crippen LogP contribution is 2.16. The summed E-state index contributed by atoms with van der Waals surface area (Å²) in [6.07, 6.45) is 2.26. The van der Waals surface area contributed by atoms with Crippen molar-refractivity contribution in [2.75, 3.05) is 26.7 Å². The molecule has 1 amide bonds. The number of carbonyl (C=O) groups excluding carboxylic acids is 1. The maximum Gasteiger partial charge on any atom is 0.291 e. The Morgan fingerprint density at radius 2 is 2.11 bits per heavy atom. The number of nitrogens with one attached hydrogen (secondary N) is 1. The van der Waals surface area contributed by atoms with Crippen LogP contribution in [-0.2, 0) is 0 Å². The second kappa shape index (κ2) is 5.52. The molecule has 1 N–H and O–H groups in total. The summed E-state index contributed by atoms with van der Waals surface area (Å²) in [4.78, 5) is 18.1. The fourth-order valence-corrected chi connectivity index (χ4v) is 2.44. The summed E-state index contributed by atoms with van der Waals surface area (Å²) in [5.41, 5.74) is 0.676. The zero-order valence-corrected chi connectivity index (χ0v) is 11.3. The van der Waals surface area contributed by atoms with Crippen molar-refractivity contribution in [3.63, 3.8) is 0 Å². The van der Waals surface area contributed by atoms with E-state index in [9.17, 15) is 4.79 Å². The van der Waals surface area contributed by atoms with Gasteiger partial charge in [0.15, 0.2) is 5.89 Å². The van der Waals surface area contributed by atoms with Crippen LogP contribution >= 0.6 is 0 Å². The molecule has 0 atom stereocenters. The van der Waals surface area contributed by atoms with E-state index in [4.69, 9.17) is 4.42 Å². The van der Waals surface area contributed by atoms with E-state index in [1.54, 1.807) is 11.8 Å². The number of rotatable bonds is 3. The predicted octanol–water partition coefficient (Wildman–Crippen LogP) is 1.36. The van der Waals surface area contributed by atoms with Gasteiger partial charge in [0.05, 0.1) is 5.69 Å². The van der Waals surface area contributed by atoms with Crippen molar-refractivity contribution in [2.45, 2.75) is 26.7 Å². The molecule has 5 heteroatoms. The molecule has 0 spiro atoms. The number of aromatic nitrogens is 1. The number of nitrogens with zero attached hydrogens (tertiary/aromatic N) is 2. The molecule has 0 aliphatic carbocycles. The van der Waals surface area contributed by atoms with Gasteiger partial charge in [-0.2, -0.15) is 0 Å². The molecular formula is C13H21N3O2. The van der Waals surface area contributed by atoms with Crippen LogP contribution in [0.1, 0.15) is 35.0 Å². The molecule has 5 nitrogen and oxygen atoms in total. The van der Waals surface area contributed by atoms with E-state index in [1.807, 2.05) is 14.0 Å². The molecule has 1 saturated heterocycles. The van der Waals surface area contributed by atoms with Crippen LogP contribution in [0.2, 0.25) is 0 Å². The molecule has 100 valence electrons. The van der Waals surface area contributed by atoms with Crippen molar-refractivity contribution in [1.29, 1.82) is 0 Å².